The van der Waals surface area contributed by atoms with Crippen LogP contribution in [-0.4, -0.2) is 70.0 Å². The summed E-state index contributed by atoms with van der Waals surface area (Å²) in [7, 11) is -2.01. The highest BCUT2D eigenvalue weighted by molar-refractivity contribution is 6.74. The number of β-lactam (4-membered cyclic amide) rings is 1. The maximum absolute atomic E-state index is 12.6. The van der Waals surface area contributed by atoms with Gasteiger partial charge in [0.15, 0.2) is 8.32 Å². The van der Waals surface area contributed by atoms with Crippen molar-refractivity contribution in [2.45, 2.75) is 95.0 Å². The molecule has 0 aromatic carbocycles. The zero-order valence-electron chi connectivity index (χ0n) is 20.4. The van der Waals surface area contributed by atoms with E-state index in [-0.39, 0.29) is 47.8 Å². The van der Waals surface area contributed by atoms with Crippen molar-refractivity contribution in [2.75, 3.05) is 19.8 Å². The highest BCUT2D eigenvalue weighted by Gasteiger charge is 2.73. The molecule has 1 unspecified atom stereocenters. The van der Waals surface area contributed by atoms with Gasteiger partial charge in [-0.05, 0) is 44.3 Å². The molecular weight excluding hydrogens is 428 g/mol. The van der Waals surface area contributed by atoms with E-state index in [1.165, 1.54) is 6.08 Å². The summed E-state index contributed by atoms with van der Waals surface area (Å²) in [5, 5.41) is 5.85. The molecule has 2 N–H and O–H groups in total. The number of hydrogen-bond acceptors (Lipinski definition) is 6. The Kier molecular flexibility index (Phi) is 7.44. The molecule has 32 heavy (non-hydrogen) atoms. The van der Waals surface area contributed by atoms with E-state index in [0.717, 1.165) is 19.3 Å². The first-order chi connectivity index (χ1) is 14.9. The lowest BCUT2D eigenvalue weighted by atomic mass is 9.70. The predicted molar refractivity (Wildman–Crippen MR) is 124 cm³/mol. The summed E-state index contributed by atoms with van der Waals surface area (Å²) in [6, 6.07) is -0.115. The number of nitrogens with one attached hydrogen (secondary N) is 2. The monoisotopic (exact) mass is 468 g/mol. The first-order valence-corrected chi connectivity index (χ1v) is 14.6. The largest absolute Gasteiger partial charge is 0.445 e. The third kappa shape index (κ3) is 4.90. The van der Waals surface area contributed by atoms with Crippen LogP contribution in [0.4, 0.5) is 4.79 Å². The molecule has 0 radical (unpaired) electrons. The highest BCUT2D eigenvalue weighted by Crippen LogP contribution is 2.55. The molecule has 0 aromatic heterocycles. The second-order valence-corrected chi connectivity index (χ2v) is 15.4. The SMILES string of the molecule is C=CCOC(=O)NCCOC1CCC[C@H]2O[C@]12[C@@H]1NC(=O)[C@@H]1[C@@H](C)O[Si](C)(C)C(C)(C)C. The first-order valence-electron chi connectivity index (χ1n) is 11.7. The molecule has 1 saturated carbocycles. The van der Waals surface area contributed by atoms with Crippen LogP contribution in [0.1, 0.15) is 47.0 Å². The van der Waals surface area contributed by atoms with Crippen LogP contribution in [0.2, 0.25) is 18.1 Å². The van der Waals surface area contributed by atoms with Gasteiger partial charge in [0.2, 0.25) is 5.91 Å². The Hall–Kier alpha value is -1.42. The lowest BCUT2D eigenvalue weighted by Gasteiger charge is -2.49. The van der Waals surface area contributed by atoms with E-state index in [1.807, 2.05) is 6.92 Å². The molecule has 0 spiro atoms. The van der Waals surface area contributed by atoms with Crippen molar-refractivity contribution >= 4 is 20.3 Å². The van der Waals surface area contributed by atoms with Gasteiger partial charge in [0.1, 0.15) is 12.2 Å². The van der Waals surface area contributed by atoms with Crippen LogP contribution in [-0.2, 0) is 23.4 Å². The van der Waals surface area contributed by atoms with Crippen molar-refractivity contribution in [3.63, 3.8) is 0 Å². The number of fused-ring (bicyclic) bond motifs is 1. The van der Waals surface area contributed by atoms with Gasteiger partial charge in [-0.3, -0.25) is 4.79 Å². The number of ether oxygens (including phenoxy) is 3. The van der Waals surface area contributed by atoms with Crippen LogP contribution >= 0.6 is 0 Å². The molecule has 6 atom stereocenters. The van der Waals surface area contributed by atoms with Crippen LogP contribution < -0.4 is 10.6 Å². The Labute approximate surface area is 192 Å². The van der Waals surface area contributed by atoms with E-state index in [9.17, 15) is 9.59 Å². The number of hydrogen-bond donors (Lipinski definition) is 2. The summed E-state index contributed by atoms with van der Waals surface area (Å²) in [6.45, 7) is 17.4. The van der Waals surface area contributed by atoms with Gasteiger partial charge in [-0.1, -0.05) is 33.4 Å². The number of rotatable bonds is 10. The lowest BCUT2D eigenvalue weighted by Crippen LogP contribution is -2.72. The number of alkyl carbamates (subject to hydrolysis) is 1. The molecule has 2 amide bonds. The average Bonchev–Trinajstić information content (AvgIpc) is 3.42. The molecule has 3 aliphatic rings. The molecule has 182 valence electrons. The van der Waals surface area contributed by atoms with Crippen LogP contribution in [0.3, 0.4) is 0 Å². The summed E-state index contributed by atoms with van der Waals surface area (Å²) in [5.74, 6) is -0.217. The quantitative estimate of drug-likeness (QED) is 0.168. The lowest BCUT2D eigenvalue weighted by molar-refractivity contribution is -0.147. The fraction of sp³-hybridized carbons (Fsp3) is 0.826. The summed E-state index contributed by atoms with van der Waals surface area (Å²) in [5.41, 5.74) is -0.495. The van der Waals surface area contributed by atoms with Crippen LogP contribution in [0, 0.1) is 5.92 Å². The molecule has 2 saturated heterocycles. The smallest absolute Gasteiger partial charge is 0.407 e. The van der Waals surface area contributed by atoms with Gasteiger partial charge in [-0.15, -0.1) is 0 Å². The van der Waals surface area contributed by atoms with E-state index in [4.69, 9.17) is 18.6 Å². The second kappa shape index (κ2) is 9.44. The Morgan fingerprint density at radius 3 is 2.75 bits per heavy atom. The minimum atomic E-state index is -2.01. The number of carbonyl (C=O) groups excluding carboxylic acids is 2. The van der Waals surface area contributed by atoms with Crippen molar-refractivity contribution in [3.05, 3.63) is 12.7 Å². The normalized spacial score (nSPS) is 32.8. The summed E-state index contributed by atoms with van der Waals surface area (Å²) in [6.07, 6.45) is 3.68. The van der Waals surface area contributed by atoms with Gasteiger partial charge >= 0.3 is 6.09 Å². The van der Waals surface area contributed by atoms with Gasteiger partial charge in [-0.2, -0.15) is 0 Å². The molecule has 0 aromatic rings. The zero-order chi connectivity index (χ0) is 23.7. The molecule has 3 rings (SSSR count). The van der Waals surface area contributed by atoms with Gasteiger partial charge in [0, 0.05) is 6.54 Å². The maximum Gasteiger partial charge on any atom is 0.407 e. The third-order valence-corrected chi connectivity index (χ3v) is 12.1. The van der Waals surface area contributed by atoms with Crippen LogP contribution in [0.25, 0.3) is 0 Å². The van der Waals surface area contributed by atoms with Crippen molar-refractivity contribution in [1.29, 1.82) is 0 Å². The number of epoxide rings is 1. The third-order valence-electron chi connectivity index (χ3n) is 7.49. The minimum Gasteiger partial charge on any atom is -0.445 e. The van der Waals surface area contributed by atoms with E-state index in [1.54, 1.807) is 0 Å². The number of carbonyl (C=O) groups is 2. The molecular formula is C23H40N2O6Si. The molecule has 1 aliphatic carbocycles. The molecule has 2 heterocycles. The van der Waals surface area contributed by atoms with Gasteiger partial charge in [0.25, 0.3) is 0 Å². The van der Waals surface area contributed by atoms with Gasteiger partial charge in [-0.25, -0.2) is 4.79 Å². The topological polar surface area (TPSA) is 98.4 Å². The Bertz CT molecular complexity index is 724. The van der Waals surface area contributed by atoms with Crippen molar-refractivity contribution < 1.29 is 28.2 Å². The Morgan fingerprint density at radius 2 is 2.12 bits per heavy atom. The molecule has 0 bridgehead atoms. The van der Waals surface area contributed by atoms with E-state index >= 15 is 0 Å². The predicted octanol–water partition coefficient (Wildman–Crippen LogP) is 3.13. The Morgan fingerprint density at radius 1 is 1.41 bits per heavy atom. The zero-order valence-corrected chi connectivity index (χ0v) is 21.4. The highest BCUT2D eigenvalue weighted by atomic mass is 28.4. The molecule has 9 heteroatoms. The first kappa shape index (κ1) is 25.2. The summed E-state index contributed by atoms with van der Waals surface area (Å²) < 4.78 is 23.9. The van der Waals surface area contributed by atoms with Crippen LogP contribution in [0.5, 0.6) is 0 Å². The van der Waals surface area contributed by atoms with Crippen molar-refractivity contribution in [2.24, 2.45) is 5.92 Å². The number of amides is 2. The summed E-state index contributed by atoms with van der Waals surface area (Å²) in [4.78, 5) is 24.2. The van der Waals surface area contributed by atoms with Crippen molar-refractivity contribution in [1.82, 2.24) is 10.6 Å². The van der Waals surface area contributed by atoms with E-state index in [0.29, 0.717) is 13.2 Å². The minimum absolute atomic E-state index is 0.0285. The van der Waals surface area contributed by atoms with Gasteiger partial charge < -0.3 is 29.3 Å². The maximum atomic E-state index is 12.6. The van der Waals surface area contributed by atoms with E-state index in [2.05, 4.69) is 51.1 Å². The van der Waals surface area contributed by atoms with Gasteiger partial charge in [0.05, 0.1) is 36.9 Å². The van der Waals surface area contributed by atoms with Crippen LogP contribution in [0.15, 0.2) is 12.7 Å². The average molecular weight is 469 g/mol. The molecule has 3 fully saturated rings. The fourth-order valence-corrected chi connectivity index (χ4v) is 6.14. The fourth-order valence-electron chi connectivity index (χ4n) is 4.71. The molecule has 2 aliphatic heterocycles. The second-order valence-electron chi connectivity index (χ2n) is 10.7. The standard InChI is InChI=1S/C23H40N2O6Si/c1-8-13-29-21(27)24-12-14-28-16-10-9-11-17-23(16,30-17)19-18(20(26)25-19)15(2)31-32(6,7)22(3,4)5/h8,15-19H,1,9-14H2,2-7H3,(H,24,27)(H,25,26)/t15-,16?,17-,18-,19-,23-/m1/s1. The van der Waals surface area contributed by atoms with Crippen molar-refractivity contribution in [3.8, 4) is 0 Å². The van der Waals surface area contributed by atoms with E-state index < -0.39 is 20.0 Å². The molecule has 8 nitrogen and oxygen atoms in total. The summed E-state index contributed by atoms with van der Waals surface area (Å²) >= 11 is 0. The Balaban J connectivity index is 1.60.